The molecule has 1 aromatic heterocycles. The van der Waals surface area contributed by atoms with Crippen LogP contribution in [0, 0.1) is 0 Å². The molecule has 0 bridgehead atoms. The number of para-hydroxylation sites is 1. The van der Waals surface area contributed by atoms with Crippen LogP contribution in [0.3, 0.4) is 0 Å². The molecule has 1 aromatic carbocycles. The highest BCUT2D eigenvalue weighted by Crippen LogP contribution is 2.52. The summed E-state index contributed by atoms with van der Waals surface area (Å²) in [5.41, 5.74) is 8.22. The molecule has 0 fully saturated rings. The van der Waals surface area contributed by atoms with E-state index in [1.54, 1.807) is 12.1 Å². The van der Waals surface area contributed by atoms with Crippen molar-refractivity contribution in [2.45, 2.75) is 42.3 Å². The Morgan fingerprint density at radius 3 is 2.57 bits per heavy atom. The van der Waals surface area contributed by atoms with Crippen LogP contribution in [0.2, 0.25) is 0 Å². The number of anilines is 3. The standard InChI is InChI=1S/C15H18N2O2S2/c1-4-11-13(16)14-15(20-11)21(18,19)12-8-6-5-7-10(12)17(14)9(2)3/h5-9H,4,16H2,1-3H3. The molecule has 1 aliphatic rings. The second kappa shape index (κ2) is 4.74. The molecule has 0 aliphatic carbocycles. The zero-order valence-electron chi connectivity index (χ0n) is 12.3. The second-order valence-corrected chi connectivity index (χ2v) is 8.58. The highest BCUT2D eigenvalue weighted by atomic mass is 32.2. The number of nitrogen functional groups attached to an aromatic ring is 1. The maximum Gasteiger partial charge on any atom is 0.220 e. The summed E-state index contributed by atoms with van der Waals surface area (Å²) in [6.45, 7) is 6.08. The molecule has 0 atom stereocenters. The van der Waals surface area contributed by atoms with E-state index in [-0.39, 0.29) is 6.04 Å². The maximum atomic E-state index is 12.9. The fraction of sp³-hybridized carbons (Fsp3) is 0.333. The number of hydrogen-bond acceptors (Lipinski definition) is 5. The fourth-order valence-electron chi connectivity index (χ4n) is 2.77. The van der Waals surface area contributed by atoms with Gasteiger partial charge in [-0.1, -0.05) is 19.1 Å². The molecular formula is C15H18N2O2S2. The van der Waals surface area contributed by atoms with E-state index in [1.807, 2.05) is 37.8 Å². The fourth-order valence-corrected chi connectivity index (χ4v) is 6.02. The van der Waals surface area contributed by atoms with Gasteiger partial charge in [0.05, 0.1) is 22.0 Å². The van der Waals surface area contributed by atoms with Crippen molar-refractivity contribution in [2.75, 3.05) is 10.6 Å². The van der Waals surface area contributed by atoms with E-state index in [0.29, 0.717) is 26.2 Å². The van der Waals surface area contributed by atoms with Gasteiger partial charge in [0, 0.05) is 10.9 Å². The molecule has 0 amide bonds. The van der Waals surface area contributed by atoms with Crippen LogP contribution < -0.4 is 10.6 Å². The summed E-state index contributed by atoms with van der Waals surface area (Å²) in [4.78, 5) is 3.34. The molecule has 6 heteroatoms. The predicted molar refractivity (Wildman–Crippen MR) is 87.3 cm³/mol. The number of benzene rings is 1. The highest BCUT2D eigenvalue weighted by molar-refractivity contribution is 7.94. The first-order valence-corrected chi connectivity index (χ1v) is 9.24. The molecule has 1 aliphatic heterocycles. The molecule has 0 unspecified atom stereocenters. The summed E-state index contributed by atoms with van der Waals surface area (Å²) in [6.07, 6.45) is 0.737. The average molecular weight is 322 g/mol. The first-order valence-electron chi connectivity index (χ1n) is 6.94. The minimum absolute atomic E-state index is 0.127. The Hall–Kier alpha value is -1.53. The largest absolute Gasteiger partial charge is 0.396 e. The molecular weight excluding hydrogens is 304 g/mol. The zero-order chi connectivity index (χ0) is 15.4. The van der Waals surface area contributed by atoms with Crippen molar-refractivity contribution in [3.63, 3.8) is 0 Å². The number of aryl methyl sites for hydroxylation is 1. The summed E-state index contributed by atoms with van der Waals surface area (Å²) < 4.78 is 26.1. The van der Waals surface area contributed by atoms with Crippen molar-refractivity contribution in [1.29, 1.82) is 0 Å². The van der Waals surface area contributed by atoms with Crippen molar-refractivity contribution >= 4 is 38.2 Å². The van der Waals surface area contributed by atoms with Crippen molar-refractivity contribution in [2.24, 2.45) is 0 Å². The van der Waals surface area contributed by atoms with Crippen LogP contribution in [0.5, 0.6) is 0 Å². The molecule has 4 nitrogen and oxygen atoms in total. The number of thiophene rings is 1. The Morgan fingerprint density at radius 2 is 1.95 bits per heavy atom. The van der Waals surface area contributed by atoms with Crippen molar-refractivity contribution in [1.82, 2.24) is 0 Å². The second-order valence-electron chi connectivity index (χ2n) is 5.36. The molecule has 0 radical (unpaired) electrons. The van der Waals surface area contributed by atoms with Gasteiger partial charge < -0.3 is 10.6 Å². The quantitative estimate of drug-likeness (QED) is 0.918. The molecule has 112 valence electrons. The Kier molecular flexibility index (Phi) is 3.26. The summed E-state index contributed by atoms with van der Waals surface area (Å²) >= 11 is 1.30. The topological polar surface area (TPSA) is 63.4 Å². The summed E-state index contributed by atoms with van der Waals surface area (Å²) in [5, 5.41) is 0. The van der Waals surface area contributed by atoms with Gasteiger partial charge >= 0.3 is 0 Å². The van der Waals surface area contributed by atoms with E-state index in [0.717, 1.165) is 11.3 Å². The van der Waals surface area contributed by atoms with Crippen LogP contribution in [-0.2, 0) is 16.3 Å². The van der Waals surface area contributed by atoms with E-state index in [1.165, 1.54) is 11.3 Å². The summed E-state index contributed by atoms with van der Waals surface area (Å²) in [7, 11) is -3.48. The minimum Gasteiger partial charge on any atom is -0.396 e. The van der Waals surface area contributed by atoms with Crippen LogP contribution in [0.15, 0.2) is 33.4 Å². The van der Waals surface area contributed by atoms with Gasteiger partial charge in [-0.2, -0.15) is 0 Å². The predicted octanol–water partition coefficient (Wildman–Crippen LogP) is 3.59. The molecule has 2 N–H and O–H groups in total. The van der Waals surface area contributed by atoms with Gasteiger partial charge in [0.1, 0.15) is 0 Å². The van der Waals surface area contributed by atoms with Crippen LogP contribution in [0.25, 0.3) is 0 Å². The molecule has 21 heavy (non-hydrogen) atoms. The number of nitrogens with zero attached hydrogens (tertiary/aromatic N) is 1. The van der Waals surface area contributed by atoms with Gasteiger partial charge in [-0.3, -0.25) is 0 Å². The third kappa shape index (κ3) is 1.89. The van der Waals surface area contributed by atoms with E-state index in [9.17, 15) is 8.42 Å². The lowest BCUT2D eigenvalue weighted by molar-refractivity contribution is 0.595. The zero-order valence-corrected chi connectivity index (χ0v) is 13.9. The Bertz CT molecular complexity index is 807. The van der Waals surface area contributed by atoms with Gasteiger partial charge in [0.25, 0.3) is 0 Å². The van der Waals surface area contributed by atoms with Crippen molar-refractivity contribution in [3.8, 4) is 0 Å². The van der Waals surface area contributed by atoms with Crippen LogP contribution in [0.1, 0.15) is 25.6 Å². The molecule has 3 rings (SSSR count). The van der Waals surface area contributed by atoms with E-state index in [2.05, 4.69) is 0 Å². The van der Waals surface area contributed by atoms with Crippen molar-refractivity contribution in [3.05, 3.63) is 29.1 Å². The molecule has 0 saturated heterocycles. The molecule has 2 aromatic rings. The number of fused-ring (bicyclic) bond motifs is 2. The lowest BCUT2D eigenvalue weighted by Gasteiger charge is -2.34. The highest BCUT2D eigenvalue weighted by Gasteiger charge is 2.39. The number of nitrogens with two attached hydrogens (primary N) is 1. The van der Waals surface area contributed by atoms with E-state index >= 15 is 0 Å². The summed E-state index contributed by atoms with van der Waals surface area (Å²) in [5.74, 6) is 0. The van der Waals surface area contributed by atoms with Gasteiger partial charge in [-0.05, 0) is 32.4 Å². The van der Waals surface area contributed by atoms with Gasteiger partial charge in [-0.15, -0.1) is 11.3 Å². The number of hydrogen-bond donors (Lipinski definition) is 1. The third-order valence-electron chi connectivity index (χ3n) is 3.70. The Balaban J connectivity index is 2.42. The van der Waals surface area contributed by atoms with Gasteiger partial charge in [-0.25, -0.2) is 8.42 Å². The minimum atomic E-state index is -3.48. The number of sulfone groups is 1. The first kappa shape index (κ1) is 14.4. The maximum absolute atomic E-state index is 12.9. The van der Waals surface area contributed by atoms with Crippen LogP contribution in [0.4, 0.5) is 17.1 Å². The Labute approximate surface area is 129 Å². The normalized spacial score (nSPS) is 15.9. The molecule has 0 spiro atoms. The van der Waals surface area contributed by atoms with Crippen LogP contribution in [-0.4, -0.2) is 14.5 Å². The van der Waals surface area contributed by atoms with E-state index < -0.39 is 9.84 Å². The van der Waals surface area contributed by atoms with Crippen LogP contribution >= 0.6 is 11.3 Å². The first-order chi connectivity index (χ1) is 9.89. The lowest BCUT2D eigenvalue weighted by atomic mass is 10.2. The Morgan fingerprint density at radius 1 is 1.29 bits per heavy atom. The monoisotopic (exact) mass is 322 g/mol. The molecule has 0 saturated carbocycles. The van der Waals surface area contributed by atoms with Gasteiger partial charge in [0.2, 0.25) is 9.84 Å². The SMILES string of the molecule is CCc1sc2c(c1N)N(C(C)C)c1ccccc1S2(=O)=O. The van der Waals surface area contributed by atoms with E-state index in [4.69, 9.17) is 5.73 Å². The molecule has 2 heterocycles. The smallest absolute Gasteiger partial charge is 0.220 e. The lowest BCUT2D eigenvalue weighted by Crippen LogP contribution is -2.31. The van der Waals surface area contributed by atoms with Gasteiger partial charge in [0.15, 0.2) is 4.21 Å². The number of rotatable bonds is 2. The van der Waals surface area contributed by atoms with Crippen molar-refractivity contribution < 1.29 is 8.42 Å². The average Bonchev–Trinajstić information content (AvgIpc) is 2.77. The summed E-state index contributed by atoms with van der Waals surface area (Å²) in [6, 6.07) is 7.26. The third-order valence-corrected chi connectivity index (χ3v) is 7.35.